The Hall–Kier alpha value is -3.64. The van der Waals surface area contributed by atoms with Gasteiger partial charge in [-0.1, -0.05) is 133 Å². The Morgan fingerprint density at radius 3 is 1.35 bits per heavy atom. The van der Waals surface area contributed by atoms with Crippen molar-refractivity contribution in [3.63, 3.8) is 0 Å². The summed E-state index contributed by atoms with van der Waals surface area (Å²) < 4.78 is 0. The molecule has 0 N–H and O–H groups in total. The monoisotopic (exact) mass is 398 g/mol. The first-order chi connectivity index (χ1) is 15.4. The zero-order valence-corrected chi connectivity index (χ0v) is 17.6. The van der Waals surface area contributed by atoms with Crippen molar-refractivity contribution in [2.45, 2.75) is 18.3 Å². The third-order valence-electron chi connectivity index (χ3n) is 6.29. The number of allylic oxidation sites excluding steroid dienone is 4. The highest BCUT2D eigenvalue weighted by Gasteiger charge is 2.41. The molecule has 0 bridgehead atoms. The summed E-state index contributed by atoms with van der Waals surface area (Å²) >= 11 is 0. The van der Waals surface area contributed by atoms with Crippen molar-refractivity contribution in [3.8, 4) is 0 Å². The lowest BCUT2D eigenvalue weighted by molar-refractivity contribution is 0.729. The fourth-order valence-corrected chi connectivity index (χ4v) is 4.97. The number of benzene rings is 4. The van der Waals surface area contributed by atoms with Gasteiger partial charge in [-0.15, -0.1) is 0 Å². The zero-order valence-electron chi connectivity index (χ0n) is 17.6. The fraction of sp³-hybridized carbons (Fsp3) is 0.0968. The predicted molar refractivity (Wildman–Crippen MR) is 130 cm³/mol. The molecule has 0 heteroatoms. The van der Waals surface area contributed by atoms with Gasteiger partial charge in [0.25, 0.3) is 0 Å². The van der Waals surface area contributed by atoms with Crippen LogP contribution in [0.3, 0.4) is 0 Å². The molecular formula is C31H26. The van der Waals surface area contributed by atoms with E-state index in [9.17, 15) is 0 Å². The third kappa shape index (κ3) is 3.55. The van der Waals surface area contributed by atoms with Crippen molar-refractivity contribution >= 4 is 0 Å². The Balaban J connectivity index is 1.75. The molecule has 0 saturated heterocycles. The molecule has 0 heterocycles. The van der Waals surface area contributed by atoms with Gasteiger partial charge in [-0.25, -0.2) is 0 Å². The van der Waals surface area contributed by atoms with Crippen LogP contribution < -0.4 is 0 Å². The second-order valence-corrected chi connectivity index (χ2v) is 8.09. The summed E-state index contributed by atoms with van der Waals surface area (Å²) in [5.41, 5.74) is 7.74. The van der Waals surface area contributed by atoms with Gasteiger partial charge in [-0.2, -0.15) is 0 Å². The van der Waals surface area contributed by atoms with Crippen LogP contribution in [0.4, 0.5) is 0 Å². The van der Waals surface area contributed by atoms with Crippen molar-refractivity contribution in [2.75, 3.05) is 0 Å². The molecule has 5 rings (SSSR count). The first-order valence-electron chi connectivity index (χ1n) is 11.0. The maximum atomic E-state index is 2.44. The van der Waals surface area contributed by atoms with Gasteiger partial charge in [-0.3, -0.25) is 0 Å². The normalized spacial score (nSPS) is 13.5. The minimum Gasteiger partial charge on any atom is -0.0769 e. The molecule has 0 atom stereocenters. The average molecular weight is 399 g/mol. The van der Waals surface area contributed by atoms with E-state index >= 15 is 0 Å². The van der Waals surface area contributed by atoms with Crippen LogP contribution in [0.5, 0.6) is 0 Å². The van der Waals surface area contributed by atoms with E-state index in [1.54, 1.807) is 0 Å². The van der Waals surface area contributed by atoms with Gasteiger partial charge in [0.1, 0.15) is 0 Å². The van der Waals surface area contributed by atoms with Gasteiger partial charge in [0.05, 0.1) is 5.41 Å². The average Bonchev–Trinajstić information content (AvgIpc) is 3.31. The number of rotatable bonds is 6. The third-order valence-corrected chi connectivity index (χ3v) is 6.29. The number of hydrogen-bond donors (Lipinski definition) is 0. The van der Waals surface area contributed by atoms with E-state index in [-0.39, 0.29) is 5.41 Å². The highest BCUT2D eigenvalue weighted by atomic mass is 14.4. The van der Waals surface area contributed by atoms with E-state index in [1.165, 1.54) is 33.4 Å². The van der Waals surface area contributed by atoms with E-state index in [1.807, 2.05) is 0 Å². The molecular weight excluding hydrogens is 372 g/mol. The smallest absolute Gasteiger partial charge is 0.0701 e. The molecule has 4 aromatic carbocycles. The summed E-state index contributed by atoms with van der Waals surface area (Å²) in [6, 6.07) is 43.7. The van der Waals surface area contributed by atoms with Gasteiger partial charge in [0.2, 0.25) is 0 Å². The Morgan fingerprint density at radius 1 is 0.484 bits per heavy atom. The molecule has 0 amide bonds. The van der Waals surface area contributed by atoms with Crippen LogP contribution in [0, 0.1) is 0 Å². The Kier molecular flexibility index (Phi) is 5.37. The summed E-state index contributed by atoms with van der Waals surface area (Å²) in [6.07, 6.45) is 6.77. The van der Waals surface area contributed by atoms with E-state index in [4.69, 9.17) is 0 Å². The molecule has 1 aliphatic rings. The molecule has 0 saturated carbocycles. The largest absolute Gasteiger partial charge is 0.0769 e. The van der Waals surface area contributed by atoms with Gasteiger partial charge < -0.3 is 0 Å². The molecule has 1 aliphatic carbocycles. The maximum absolute atomic E-state index is 2.44. The van der Waals surface area contributed by atoms with Crippen molar-refractivity contribution in [2.24, 2.45) is 0 Å². The van der Waals surface area contributed by atoms with Crippen molar-refractivity contribution < 1.29 is 0 Å². The quantitative estimate of drug-likeness (QED) is 0.295. The molecule has 0 radical (unpaired) electrons. The molecule has 4 aromatic rings. The molecule has 0 spiro atoms. The highest BCUT2D eigenvalue weighted by molar-refractivity contribution is 5.65. The van der Waals surface area contributed by atoms with E-state index < -0.39 is 0 Å². The molecule has 0 aromatic heterocycles. The predicted octanol–water partition coefficient (Wildman–Crippen LogP) is 7.52. The first kappa shape index (κ1) is 19.3. The summed E-state index contributed by atoms with van der Waals surface area (Å²) in [7, 11) is 0. The van der Waals surface area contributed by atoms with Gasteiger partial charge in [-0.05, 0) is 46.2 Å². The lowest BCUT2D eigenvalue weighted by atomic mass is 9.63. The van der Waals surface area contributed by atoms with Crippen LogP contribution in [0.1, 0.15) is 28.7 Å². The second-order valence-electron chi connectivity index (χ2n) is 8.09. The van der Waals surface area contributed by atoms with Crippen LogP contribution in [-0.4, -0.2) is 0 Å². The second kappa shape index (κ2) is 8.62. The summed E-state index contributed by atoms with van der Waals surface area (Å²) in [6.45, 7) is 0. The molecule has 150 valence electrons. The fourth-order valence-electron chi connectivity index (χ4n) is 4.97. The summed E-state index contributed by atoms with van der Waals surface area (Å²) in [4.78, 5) is 0. The van der Waals surface area contributed by atoms with Crippen LogP contribution >= 0.6 is 0 Å². The molecule has 31 heavy (non-hydrogen) atoms. The summed E-state index contributed by atoms with van der Waals surface area (Å²) in [5.74, 6) is 0. The van der Waals surface area contributed by atoms with Crippen LogP contribution in [0.2, 0.25) is 0 Å². The van der Waals surface area contributed by atoms with E-state index in [0.717, 1.165) is 12.8 Å². The topological polar surface area (TPSA) is 0 Å². The van der Waals surface area contributed by atoms with Crippen molar-refractivity contribution in [3.05, 3.63) is 167 Å². The Labute approximate surface area is 185 Å². The van der Waals surface area contributed by atoms with Crippen LogP contribution in [0.15, 0.2) is 145 Å². The zero-order chi connectivity index (χ0) is 20.9. The van der Waals surface area contributed by atoms with Crippen LogP contribution in [-0.2, 0) is 11.8 Å². The maximum Gasteiger partial charge on any atom is 0.0701 e. The van der Waals surface area contributed by atoms with Gasteiger partial charge in [0, 0.05) is 0 Å². The van der Waals surface area contributed by atoms with Crippen molar-refractivity contribution in [1.29, 1.82) is 0 Å². The lowest BCUT2D eigenvalue weighted by Gasteiger charge is -2.39. The van der Waals surface area contributed by atoms with E-state index in [2.05, 4.69) is 133 Å². The van der Waals surface area contributed by atoms with Gasteiger partial charge >= 0.3 is 0 Å². The standard InChI is InChI=1S/C31H26/c1-5-14-25(15-6-1)24-26-16-13-23-30(26)31(27-17-7-2-8-18-27,28-19-9-3-10-20-28)29-21-11-4-12-22-29/h1-12,14-23H,13,24H2. The van der Waals surface area contributed by atoms with Gasteiger partial charge in [0.15, 0.2) is 0 Å². The summed E-state index contributed by atoms with van der Waals surface area (Å²) in [5, 5.41) is 0. The lowest BCUT2D eigenvalue weighted by Crippen LogP contribution is -2.32. The van der Waals surface area contributed by atoms with Crippen molar-refractivity contribution in [1.82, 2.24) is 0 Å². The molecule has 0 aliphatic heterocycles. The molecule has 0 nitrogen and oxygen atoms in total. The van der Waals surface area contributed by atoms with Crippen LogP contribution in [0.25, 0.3) is 0 Å². The Morgan fingerprint density at radius 2 is 0.903 bits per heavy atom. The minimum atomic E-state index is -0.346. The SMILES string of the molecule is C1=C(Cc2ccccc2)C(C(c2ccccc2)(c2ccccc2)c2ccccc2)=CC1. The molecule has 0 unspecified atom stereocenters. The highest BCUT2D eigenvalue weighted by Crippen LogP contribution is 2.49. The minimum absolute atomic E-state index is 0.346. The first-order valence-corrected chi connectivity index (χ1v) is 11.0. The Bertz CT molecular complexity index is 1090. The molecule has 0 fully saturated rings. The number of hydrogen-bond acceptors (Lipinski definition) is 0. The van der Waals surface area contributed by atoms with E-state index in [0.29, 0.717) is 0 Å².